The van der Waals surface area contributed by atoms with Crippen LogP contribution in [-0.4, -0.2) is 53.6 Å². The van der Waals surface area contributed by atoms with Crippen LogP contribution in [0.2, 0.25) is 0 Å². The minimum Gasteiger partial charge on any atom is -0.391 e. The average Bonchev–Trinajstić information content (AvgIpc) is 2.27. The van der Waals surface area contributed by atoms with Gasteiger partial charge in [-0.05, 0) is 31.3 Å². The van der Waals surface area contributed by atoms with Crippen molar-refractivity contribution in [3.63, 3.8) is 0 Å². The van der Waals surface area contributed by atoms with Gasteiger partial charge in [0.1, 0.15) is 0 Å². The lowest BCUT2D eigenvalue weighted by Crippen LogP contribution is -2.30. The van der Waals surface area contributed by atoms with Crippen LogP contribution in [0.1, 0.15) is 0 Å². The third kappa shape index (κ3) is 4.57. The molecule has 0 saturated heterocycles. The summed E-state index contributed by atoms with van der Waals surface area (Å²) in [6, 6.07) is 4.95. The summed E-state index contributed by atoms with van der Waals surface area (Å²) < 4.78 is 46.4. The van der Waals surface area contributed by atoms with Crippen molar-refractivity contribution in [3.8, 4) is 0 Å². The van der Waals surface area contributed by atoms with E-state index in [0.29, 0.717) is 0 Å². The number of sulfone groups is 2. The average molecular weight is 307 g/mol. The van der Waals surface area contributed by atoms with Crippen molar-refractivity contribution < 1.29 is 21.9 Å². The molecule has 1 aromatic carbocycles. The van der Waals surface area contributed by atoms with E-state index < -0.39 is 31.5 Å². The lowest BCUT2D eigenvalue weighted by atomic mass is 10.4. The molecular formula is C11H17NO5S2. The number of hydrogen-bond donors (Lipinski definition) is 2. The molecule has 0 saturated carbocycles. The first-order valence-electron chi connectivity index (χ1n) is 5.52. The first kappa shape index (κ1) is 16.1. The highest BCUT2D eigenvalue weighted by Crippen LogP contribution is 2.16. The Hall–Kier alpha value is -0.960. The summed E-state index contributed by atoms with van der Waals surface area (Å²) in [5, 5.41) is 12.2. The highest BCUT2D eigenvalue weighted by atomic mass is 32.2. The van der Waals surface area contributed by atoms with Crippen molar-refractivity contribution in [3.05, 3.63) is 24.3 Å². The van der Waals surface area contributed by atoms with Gasteiger partial charge in [-0.1, -0.05) is 0 Å². The molecule has 0 aliphatic rings. The first-order valence-corrected chi connectivity index (χ1v) is 9.07. The zero-order chi connectivity index (χ0) is 14.7. The minimum absolute atomic E-state index is 0.00458. The number of rotatable bonds is 6. The number of nitrogens with one attached hydrogen (secondary N) is 1. The molecule has 1 rings (SSSR count). The van der Waals surface area contributed by atoms with Crippen LogP contribution in [0.15, 0.2) is 34.1 Å². The maximum Gasteiger partial charge on any atom is 0.180 e. The number of aliphatic hydroxyl groups excluding tert-OH is 1. The molecule has 0 heterocycles. The van der Waals surface area contributed by atoms with E-state index in [2.05, 4.69) is 5.32 Å². The Labute approximate surface area is 113 Å². The molecule has 0 aliphatic heterocycles. The van der Waals surface area contributed by atoms with E-state index in [4.69, 9.17) is 0 Å². The van der Waals surface area contributed by atoms with Crippen molar-refractivity contribution in [1.29, 1.82) is 0 Å². The second-order valence-corrected chi connectivity index (χ2v) is 8.29. The monoisotopic (exact) mass is 307 g/mol. The van der Waals surface area contributed by atoms with E-state index in [1.54, 1.807) is 7.05 Å². The molecule has 0 amide bonds. The molecule has 8 heteroatoms. The Morgan fingerprint density at radius 2 is 1.58 bits per heavy atom. The summed E-state index contributed by atoms with van der Waals surface area (Å²) in [7, 11) is -5.37. The summed E-state index contributed by atoms with van der Waals surface area (Å²) in [6.07, 6.45) is 0.0391. The number of aliphatic hydroxyl groups is 1. The van der Waals surface area contributed by atoms with Crippen LogP contribution in [0.25, 0.3) is 0 Å². The second kappa shape index (κ2) is 6.00. The van der Waals surface area contributed by atoms with Gasteiger partial charge in [0.15, 0.2) is 19.7 Å². The molecule has 6 nitrogen and oxygen atoms in total. The van der Waals surface area contributed by atoms with Gasteiger partial charge < -0.3 is 10.4 Å². The maximum atomic E-state index is 11.9. The Morgan fingerprint density at radius 1 is 1.11 bits per heavy atom. The summed E-state index contributed by atoms with van der Waals surface area (Å²) in [5.74, 6) is -0.411. The molecule has 19 heavy (non-hydrogen) atoms. The van der Waals surface area contributed by atoms with Gasteiger partial charge >= 0.3 is 0 Å². The number of hydrogen-bond acceptors (Lipinski definition) is 6. The fraction of sp³-hybridized carbons (Fsp3) is 0.455. The molecule has 108 valence electrons. The van der Waals surface area contributed by atoms with E-state index >= 15 is 0 Å². The summed E-state index contributed by atoms with van der Waals surface area (Å²) in [6.45, 7) is 0.167. The fourth-order valence-corrected chi connectivity index (χ4v) is 3.54. The van der Waals surface area contributed by atoms with Gasteiger partial charge in [0, 0.05) is 12.8 Å². The van der Waals surface area contributed by atoms with E-state index in [9.17, 15) is 21.9 Å². The molecule has 1 aromatic rings. The highest BCUT2D eigenvalue weighted by molar-refractivity contribution is 7.91. The molecule has 2 N–H and O–H groups in total. The molecule has 1 unspecified atom stereocenters. The molecule has 0 aliphatic carbocycles. The molecule has 1 atom stereocenters. The van der Waals surface area contributed by atoms with Crippen molar-refractivity contribution in [2.24, 2.45) is 0 Å². The van der Waals surface area contributed by atoms with E-state index in [1.807, 2.05) is 0 Å². The normalized spacial score (nSPS) is 14.3. The highest BCUT2D eigenvalue weighted by Gasteiger charge is 2.20. The van der Waals surface area contributed by atoms with Crippen LogP contribution < -0.4 is 5.32 Å². The van der Waals surface area contributed by atoms with Crippen LogP contribution in [-0.2, 0) is 19.7 Å². The third-order valence-electron chi connectivity index (χ3n) is 2.46. The Balaban J connectivity index is 2.97. The van der Waals surface area contributed by atoms with Gasteiger partial charge in [-0.25, -0.2) is 16.8 Å². The van der Waals surface area contributed by atoms with Crippen molar-refractivity contribution in [1.82, 2.24) is 5.32 Å². The summed E-state index contributed by atoms with van der Waals surface area (Å²) in [4.78, 5) is 0.0530. The van der Waals surface area contributed by atoms with Crippen LogP contribution >= 0.6 is 0 Å². The lowest BCUT2D eigenvalue weighted by Gasteiger charge is -2.10. The largest absolute Gasteiger partial charge is 0.391 e. The molecular weight excluding hydrogens is 290 g/mol. The second-order valence-electron chi connectivity index (χ2n) is 4.24. The Bertz CT molecular complexity index is 620. The smallest absolute Gasteiger partial charge is 0.180 e. The van der Waals surface area contributed by atoms with Crippen molar-refractivity contribution >= 4 is 19.7 Å². The standard InChI is InChI=1S/C11H17NO5S2/c1-12-7-9(13)8-19(16,17)11-5-3-10(4-6-11)18(2,14)15/h3-6,9,12-13H,7-8H2,1-2H3. The molecule has 0 radical (unpaired) electrons. The third-order valence-corrected chi connectivity index (χ3v) is 5.41. The van der Waals surface area contributed by atoms with Gasteiger partial charge in [0.2, 0.25) is 0 Å². The Kier molecular flexibility index (Phi) is 5.08. The van der Waals surface area contributed by atoms with Gasteiger partial charge in [-0.3, -0.25) is 0 Å². The van der Waals surface area contributed by atoms with E-state index in [-0.39, 0.29) is 16.3 Å². The predicted octanol–water partition coefficient (Wildman–Crippen LogP) is -0.556. The molecule has 0 aromatic heterocycles. The number of likely N-dealkylation sites (N-methyl/N-ethyl adjacent to an activating group) is 1. The first-order chi connectivity index (χ1) is 8.66. The van der Waals surface area contributed by atoms with Crippen molar-refractivity contribution in [2.75, 3.05) is 25.6 Å². The fourth-order valence-electron chi connectivity index (χ4n) is 1.54. The van der Waals surface area contributed by atoms with Gasteiger partial charge in [0.25, 0.3) is 0 Å². The zero-order valence-corrected chi connectivity index (χ0v) is 12.3. The molecule has 0 bridgehead atoms. The quantitative estimate of drug-likeness (QED) is 0.731. The molecule has 0 fully saturated rings. The van der Waals surface area contributed by atoms with Gasteiger partial charge in [-0.2, -0.15) is 0 Å². The SMILES string of the molecule is CNCC(O)CS(=O)(=O)c1ccc(S(C)(=O)=O)cc1. The van der Waals surface area contributed by atoms with Crippen LogP contribution in [0.3, 0.4) is 0 Å². The predicted molar refractivity (Wildman–Crippen MR) is 71.5 cm³/mol. The van der Waals surface area contributed by atoms with Crippen LogP contribution in [0, 0.1) is 0 Å². The zero-order valence-electron chi connectivity index (χ0n) is 10.7. The van der Waals surface area contributed by atoms with Crippen LogP contribution in [0.5, 0.6) is 0 Å². The van der Waals surface area contributed by atoms with E-state index in [0.717, 1.165) is 6.26 Å². The van der Waals surface area contributed by atoms with Gasteiger partial charge in [0.05, 0.1) is 21.6 Å². The lowest BCUT2D eigenvalue weighted by molar-refractivity contribution is 0.197. The van der Waals surface area contributed by atoms with Crippen molar-refractivity contribution in [2.45, 2.75) is 15.9 Å². The topological polar surface area (TPSA) is 101 Å². The Morgan fingerprint density at radius 3 is 2.00 bits per heavy atom. The summed E-state index contributed by atoms with van der Waals surface area (Å²) >= 11 is 0. The maximum absolute atomic E-state index is 11.9. The summed E-state index contributed by atoms with van der Waals surface area (Å²) in [5.41, 5.74) is 0. The number of benzene rings is 1. The van der Waals surface area contributed by atoms with E-state index in [1.165, 1.54) is 24.3 Å². The van der Waals surface area contributed by atoms with Crippen LogP contribution in [0.4, 0.5) is 0 Å². The van der Waals surface area contributed by atoms with Gasteiger partial charge in [-0.15, -0.1) is 0 Å². The molecule has 0 spiro atoms. The minimum atomic E-state index is -3.63.